The average molecular weight is 624 g/mol. The fraction of sp³-hybridized carbons (Fsp3) is 0.333. The molecule has 0 bridgehead atoms. The molecule has 0 saturated carbocycles. The highest BCUT2D eigenvalue weighted by atomic mass is 32.2. The molecule has 13 nitrogen and oxygen atoms in total. The van der Waals surface area contributed by atoms with Gasteiger partial charge in [-0.1, -0.05) is 42.5 Å². The predicted octanol–water partition coefficient (Wildman–Crippen LogP) is 2.48. The van der Waals surface area contributed by atoms with Crippen molar-refractivity contribution in [2.24, 2.45) is 0 Å². The molecular weight excluding hydrogens is 590 g/mol. The number of piperazine rings is 1. The summed E-state index contributed by atoms with van der Waals surface area (Å²) < 4.78 is 28.9. The number of aromatic nitrogens is 2. The van der Waals surface area contributed by atoms with E-state index < -0.39 is 39.8 Å². The van der Waals surface area contributed by atoms with Gasteiger partial charge in [-0.3, -0.25) is 14.4 Å². The number of benzene rings is 2. The van der Waals surface area contributed by atoms with Crippen molar-refractivity contribution in [1.82, 2.24) is 25.1 Å². The van der Waals surface area contributed by atoms with Crippen LogP contribution in [0.5, 0.6) is 0 Å². The maximum absolute atomic E-state index is 13.6. The minimum Gasteiger partial charge on any atom is -0.481 e. The van der Waals surface area contributed by atoms with Crippen LogP contribution in [0.2, 0.25) is 0 Å². The first-order valence-electron chi connectivity index (χ1n) is 13.9. The summed E-state index contributed by atoms with van der Waals surface area (Å²) in [5.41, 5.74) is 1.42. The van der Waals surface area contributed by atoms with E-state index in [4.69, 9.17) is 4.74 Å². The van der Waals surface area contributed by atoms with Crippen LogP contribution >= 0.6 is 0 Å². The van der Waals surface area contributed by atoms with Gasteiger partial charge in [-0.2, -0.15) is 0 Å². The van der Waals surface area contributed by atoms with E-state index in [1.807, 2.05) is 6.07 Å². The van der Waals surface area contributed by atoms with E-state index in [-0.39, 0.29) is 62.0 Å². The highest BCUT2D eigenvalue weighted by molar-refractivity contribution is 7.90. The zero-order chi connectivity index (χ0) is 31.9. The number of amides is 3. The fourth-order valence-electron chi connectivity index (χ4n) is 4.60. The number of rotatable bonds is 10. The van der Waals surface area contributed by atoms with Crippen LogP contribution in [0, 0.1) is 0 Å². The largest absolute Gasteiger partial charge is 0.481 e. The number of carboxylic acid groups (broad SMARTS) is 1. The van der Waals surface area contributed by atoms with Crippen LogP contribution in [0.4, 0.5) is 4.79 Å². The van der Waals surface area contributed by atoms with Crippen molar-refractivity contribution in [1.29, 1.82) is 0 Å². The molecule has 1 saturated heterocycles. The first-order chi connectivity index (χ1) is 21.0. The fourth-order valence-corrected chi connectivity index (χ4v) is 5.23. The molecule has 0 spiro atoms. The number of hydrogen-bond acceptors (Lipinski definition) is 9. The Morgan fingerprint density at radius 1 is 0.932 bits per heavy atom. The monoisotopic (exact) mass is 623 g/mol. The third kappa shape index (κ3) is 8.16. The number of nitrogens with one attached hydrogen (secondary N) is 1. The Hall–Kier alpha value is -4.85. The number of carbonyl (C=O) groups excluding carboxylic acids is 3. The lowest BCUT2D eigenvalue weighted by Gasteiger charge is -2.35. The first kappa shape index (κ1) is 32.1. The second-order valence-electron chi connectivity index (χ2n) is 10.1. The molecular formula is C30H33N5O8S. The van der Waals surface area contributed by atoms with E-state index in [0.717, 1.165) is 6.26 Å². The van der Waals surface area contributed by atoms with E-state index >= 15 is 0 Å². The van der Waals surface area contributed by atoms with Crippen molar-refractivity contribution in [3.8, 4) is 22.6 Å². The molecule has 2 aromatic carbocycles. The van der Waals surface area contributed by atoms with Gasteiger partial charge in [0.25, 0.3) is 5.91 Å². The van der Waals surface area contributed by atoms with Crippen LogP contribution < -0.4 is 5.32 Å². The minimum absolute atomic E-state index is 0.0682. The van der Waals surface area contributed by atoms with Crippen LogP contribution in [-0.2, 0) is 24.2 Å². The van der Waals surface area contributed by atoms with Gasteiger partial charge in [-0.05, 0) is 31.5 Å². The smallest absolute Gasteiger partial charge is 0.409 e. The number of hydrogen-bond donors (Lipinski definition) is 2. The number of carbonyl (C=O) groups is 4. The van der Waals surface area contributed by atoms with Gasteiger partial charge in [0.1, 0.15) is 11.7 Å². The molecule has 1 aliphatic heterocycles. The van der Waals surface area contributed by atoms with E-state index in [1.54, 1.807) is 43.3 Å². The van der Waals surface area contributed by atoms with Gasteiger partial charge >= 0.3 is 12.1 Å². The van der Waals surface area contributed by atoms with Gasteiger partial charge in [0.15, 0.2) is 15.7 Å². The maximum atomic E-state index is 13.6. The van der Waals surface area contributed by atoms with Crippen LogP contribution in [0.1, 0.15) is 30.3 Å². The van der Waals surface area contributed by atoms with Gasteiger partial charge in [-0.15, -0.1) is 0 Å². The summed E-state index contributed by atoms with van der Waals surface area (Å²) in [6.07, 6.45) is 0.102. The number of carboxylic acids is 1. The third-order valence-corrected chi connectivity index (χ3v) is 8.07. The maximum Gasteiger partial charge on any atom is 0.409 e. The lowest BCUT2D eigenvalue weighted by molar-refractivity contribution is -0.138. The standard InChI is InChI=1S/C30H33N5O8S/c1-3-43-30(40)35-17-15-34(16-18-35)29(39)23(13-14-26(36)37)33-28(38)25-19-24(20-9-11-22(12-10-20)44(2,41)42)31-27(32-25)21-7-5-4-6-8-21/h4-12,19,23H,3,13-18H2,1-2H3,(H,33,38)(H,36,37)/t23-/m0/s1. The lowest BCUT2D eigenvalue weighted by Crippen LogP contribution is -2.56. The Morgan fingerprint density at radius 2 is 1.57 bits per heavy atom. The molecule has 0 radical (unpaired) electrons. The topological polar surface area (TPSA) is 176 Å². The lowest BCUT2D eigenvalue weighted by atomic mass is 10.1. The van der Waals surface area contributed by atoms with E-state index in [0.29, 0.717) is 16.8 Å². The van der Waals surface area contributed by atoms with Crippen molar-refractivity contribution in [3.63, 3.8) is 0 Å². The second-order valence-corrected chi connectivity index (χ2v) is 12.1. The second kappa shape index (κ2) is 14.1. The number of sulfone groups is 1. The number of aliphatic carboxylic acids is 1. The first-order valence-corrected chi connectivity index (χ1v) is 15.8. The Balaban J connectivity index is 1.61. The SMILES string of the molecule is CCOC(=O)N1CCN(C(=O)[C@H](CCC(=O)O)NC(=O)c2cc(-c3ccc(S(C)(=O)=O)cc3)nc(-c3ccccc3)n2)CC1. The summed E-state index contributed by atoms with van der Waals surface area (Å²) in [5, 5.41) is 12.0. The average Bonchev–Trinajstić information content (AvgIpc) is 3.02. The van der Waals surface area contributed by atoms with Crippen molar-refractivity contribution >= 4 is 33.7 Å². The van der Waals surface area contributed by atoms with Crippen molar-refractivity contribution in [3.05, 3.63) is 66.4 Å². The van der Waals surface area contributed by atoms with E-state index in [1.165, 1.54) is 28.0 Å². The summed E-state index contributed by atoms with van der Waals surface area (Å²) >= 11 is 0. The van der Waals surface area contributed by atoms with Crippen molar-refractivity contribution in [2.75, 3.05) is 39.0 Å². The summed E-state index contributed by atoms with van der Waals surface area (Å²) in [6.45, 7) is 2.78. The Kier molecular flexibility index (Phi) is 10.3. The molecule has 44 heavy (non-hydrogen) atoms. The molecule has 0 aliphatic carbocycles. The normalized spacial score (nSPS) is 14.0. The minimum atomic E-state index is -3.43. The molecule has 14 heteroatoms. The molecule has 4 rings (SSSR count). The molecule has 2 N–H and O–H groups in total. The van der Waals surface area contributed by atoms with Gasteiger partial charge in [-0.25, -0.2) is 23.2 Å². The van der Waals surface area contributed by atoms with Gasteiger partial charge in [0, 0.05) is 50.0 Å². The zero-order valence-corrected chi connectivity index (χ0v) is 25.1. The van der Waals surface area contributed by atoms with Crippen LogP contribution in [-0.4, -0.2) is 102 Å². The van der Waals surface area contributed by atoms with Crippen LogP contribution in [0.15, 0.2) is 65.6 Å². The van der Waals surface area contributed by atoms with Crippen LogP contribution in [0.25, 0.3) is 22.6 Å². The quantitative estimate of drug-likeness (QED) is 0.341. The third-order valence-electron chi connectivity index (χ3n) is 6.94. The zero-order valence-electron chi connectivity index (χ0n) is 24.3. The highest BCUT2D eigenvalue weighted by Crippen LogP contribution is 2.24. The molecule has 2 heterocycles. The van der Waals surface area contributed by atoms with E-state index in [9.17, 15) is 32.7 Å². The van der Waals surface area contributed by atoms with Crippen LogP contribution in [0.3, 0.4) is 0 Å². The summed E-state index contributed by atoms with van der Waals surface area (Å²) in [4.78, 5) is 62.6. The van der Waals surface area contributed by atoms with Crippen molar-refractivity contribution in [2.45, 2.75) is 30.7 Å². The molecule has 3 aromatic rings. The summed E-state index contributed by atoms with van der Waals surface area (Å²) in [7, 11) is -3.43. The molecule has 3 amide bonds. The number of nitrogens with zero attached hydrogens (tertiary/aromatic N) is 4. The van der Waals surface area contributed by atoms with Gasteiger partial charge in [0.2, 0.25) is 5.91 Å². The predicted molar refractivity (Wildman–Crippen MR) is 159 cm³/mol. The molecule has 1 aliphatic rings. The van der Waals surface area contributed by atoms with E-state index in [2.05, 4.69) is 15.3 Å². The number of ether oxygens (including phenoxy) is 1. The van der Waals surface area contributed by atoms with Crippen molar-refractivity contribution < 1.29 is 37.4 Å². The Labute approximate surface area is 254 Å². The molecule has 1 atom stereocenters. The summed E-state index contributed by atoms with van der Waals surface area (Å²) in [5.74, 6) is -2.09. The Bertz CT molecular complexity index is 1620. The summed E-state index contributed by atoms with van der Waals surface area (Å²) in [6, 6.07) is 15.2. The van der Waals surface area contributed by atoms with Gasteiger partial charge in [0.05, 0.1) is 17.2 Å². The van der Waals surface area contributed by atoms with Gasteiger partial charge < -0.3 is 25.0 Å². The molecule has 0 unspecified atom stereocenters. The highest BCUT2D eigenvalue weighted by Gasteiger charge is 2.31. The molecule has 232 valence electrons. The Morgan fingerprint density at radius 3 is 2.16 bits per heavy atom. The molecule has 1 aromatic heterocycles. The molecule has 1 fully saturated rings.